The van der Waals surface area contributed by atoms with Crippen molar-refractivity contribution >= 4 is 17.3 Å². The van der Waals surface area contributed by atoms with Gasteiger partial charge in [-0.3, -0.25) is 0 Å². The molecule has 0 spiro atoms. The van der Waals surface area contributed by atoms with Crippen LogP contribution in [0.3, 0.4) is 0 Å². The maximum Gasteiger partial charge on any atom is 0.247 e. The first-order chi connectivity index (χ1) is 10.6. The predicted octanol–water partition coefficient (Wildman–Crippen LogP) is 3.73. The standard InChI is InChI=1S/C16H14ClN3O2/c1-20(13-6-8-14(21)9-7-13)10-15-18-19-16(22-15)11-2-4-12(17)5-3-11/h2-9,21H,10H2,1H3. The predicted molar refractivity (Wildman–Crippen MR) is 85.0 cm³/mol. The molecule has 0 aliphatic rings. The van der Waals surface area contributed by atoms with Gasteiger partial charge in [0, 0.05) is 23.3 Å². The van der Waals surface area contributed by atoms with Crippen LogP contribution in [0.25, 0.3) is 11.5 Å². The van der Waals surface area contributed by atoms with E-state index in [-0.39, 0.29) is 5.75 Å². The van der Waals surface area contributed by atoms with E-state index in [0.29, 0.717) is 23.3 Å². The minimum Gasteiger partial charge on any atom is -0.508 e. The molecule has 0 atom stereocenters. The molecule has 5 nitrogen and oxygen atoms in total. The summed E-state index contributed by atoms with van der Waals surface area (Å²) in [7, 11) is 1.92. The Balaban J connectivity index is 1.73. The molecule has 0 unspecified atom stereocenters. The van der Waals surface area contributed by atoms with Gasteiger partial charge in [-0.25, -0.2) is 0 Å². The molecule has 1 aromatic heterocycles. The number of nitrogens with zero attached hydrogens (tertiary/aromatic N) is 3. The smallest absolute Gasteiger partial charge is 0.247 e. The minimum atomic E-state index is 0.236. The van der Waals surface area contributed by atoms with E-state index in [1.165, 1.54) is 0 Å². The van der Waals surface area contributed by atoms with E-state index in [1.807, 2.05) is 36.2 Å². The Kier molecular flexibility index (Phi) is 3.98. The molecule has 0 aliphatic heterocycles. The largest absolute Gasteiger partial charge is 0.508 e. The molecular weight excluding hydrogens is 302 g/mol. The van der Waals surface area contributed by atoms with Crippen LogP contribution in [0.2, 0.25) is 5.02 Å². The van der Waals surface area contributed by atoms with E-state index in [4.69, 9.17) is 16.0 Å². The highest BCUT2D eigenvalue weighted by atomic mass is 35.5. The van der Waals surface area contributed by atoms with Gasteiger partial charge in [0.15, 0.2) is 0 Å². The van der Waals surface area contributed by atoms with Crippen molar-refractivity contribution in [1.29, 1.82) is 0 Å². The van der Waals surface area contributed by atoms with Crippen molar-refractivity contribution in [3.8, 4) is 17.2 Å². The van der Waals surface area contributed by atoms with E-state index in [0.717, 1.165) is 11.3 Å². The number of hydrogen-bond donors (Lipinski definition) is 1. The normalized spacial score (nSPS) is 10.6. The van der Waals surface area contributed by atoms with Gasteiger partial charge in [-0.2, -0.15) is 0 Å². The zero-order valence-electron chi connectivity index (χ0n) is 11.9. The summed E-state index contributed by atoms with van der Waals surface area (Å²) < 4.78 is 5.67. The lowest BCUT2D eigenvalue weighted by atomic mass is 10.2. The van der Waals surface area contributed by atoms with Gasteiger partial charge in [-0.1, -0.05) is 11.6 Å². The van der Waals surface area contributed by atoms with Crippen molar-refractivity contribution in [3.05, 3.63) is 59.4 Å². The molecule has 1 heterocycles. The molecule has 22 heavy (non-hydrogen) atoms. The maximum absolute atomic E-state index is 9.31. The molecule has 2 aromatic carbocycles. The first kappa shape index (κ1) is 14.4. The van der Waals surface area contributed by atoms with Gasteiger partial charge in [0.25, 0.3) is 0 Å². The molecule has 0 amide bonds. The van der Waals surface area contributed by atoms with Crippen molar-refractivity contribution in [2.45, 2.75) is 6.54 Å². The highest BCUT2D eigenvalue weighted by molar-refractivity contribution is 6.30. The molecule has 6 heteroatoms. The number of hydrogen-bond acceptors (Lipinski definition) is 5. The van der Waals surface area contributed by atoms with Crippen molar-refractivity contribution in [2.24, 2.45) is 0 Å². The number of phenolic OH excluding ortho intramolecular Hbond substituents is 1. The van der Waals surface area contributed by atoms with Gasteiger partial charge in [0.1, 0.15) is 5.75 Å². The number of aromatic hydroxyl groups is 1. The number of anilines is 1. The van der Waals surface area contributed by atoms with E-state index >= 15 is 0 Å². The van der Waals surface area contributed by atoms with Gasteiger partial charge in [-0.05, 0) is 48.5 Å². The number of halogens is 1. The summed E-state index contributed by atoms with van der Waals surface area (Å²) in [5.41, 5.74) is 1.78. The number of rotatable bonds is 4. The van der Waals surface area contributed by atoms with Crippen LogP contribution in [0.5, 0.6) is 5.75 Å². The minimum absolute atomic E-state index is 0.236. The third-order valence-corrected chi connectivity index (χ3v) is 3.47. The topological polar surface area (TPSA) is 62.4 Å². The van der Waals surface area contributed by atoms with Crippen LogP contribution in [0.4, 0.5) is 5.69 Å². The first-order valence-electron chi connectivity index (χ1n) is 6.70. The summed E-state index contributed by atoms with van der Waals surface area (Å²) >= 11 is 5.86. The summed E-state index contributed by atoms with van der Waals surface area (Å²) in [6.45, 7) is 0.478. The molecule has 1 N–H and O–H groups in total. The third-order valence-electron chi connectivity index (χ3n) is 3.22. The highest BCUT2D eigenvalue weighted by Crippen LogP contribution is 2.22. The SMILES string of the molecule is CN(Cc1nnc(-c2ccc(Cl)cc2)o1)c1ccc(O)cc1. The van der Waals surface area contributed by atoms with E-state index in [9.17, 15) is 5.11 Å². The average molecular weight is 316 g/mol. The van der Waals surface area contributed by atoms with Crippen molar-refractivity contribution in [1.82, 2.24) is 10.2 Å². The fourth-order valence-corrected chi connectivity index (χ4v) is 2.15. The molecule has 3 rings (SSSR count). The van der Waals surface area contributed by atoms with Crippen molar-refractivity contribution in [3.63, 3.8) is 0 Å². The van der Waals surface area contributed by atoms with E-state index < -0.39 is 0 Å². The van der Waals surface area contributed by atoms with Crippen LogP contribution in [0.1, 0.15) is 5.89 Å². The van der Waals surface area contributed by atoms with Crippen LogP contribution in [-0.2, 0) is 6.54 Å². The van der Waals surface area contributed by atoms with Crippen LogP contribution < -0.4 is 4.90 Å². The molecule has 0 aliphatic carbocycles. The second kappa shape index (κ2) is 6.07. The lowest BCUT2D eigenvalue weighted by Gasteiger charge is -2.16. The zero-order chi connectivity index (χ0) is 15.5. The fraction of sp³-hybridized carbons (Fsp3) is 0.125. The molecule has 0 radical (unpaired) electrons. The summed E-state index contributed by atoms with van der Waals surface area (Å²) in [6.07, 6.45) is 0. The summed E-state index contributed by atoms with van der Waals surface area (Å²) in [5, 5.41) is 18.1. The van der Waals surface area contributed by atoms with E-state index in [2.05, 4.69) is 10.2 Å². The number of benzene rings is 2. The highest BCUT2D eigenvalue weighted by Gasteiger charge is 2.11. The molecular formula is C16H14ClN3O2. The fourth-order valence-electron chi connectivity index (χ4n) is 2.03. The Hall–Kier alpha value is -2.53. The van der Waals surface area contributed by atoms with Crippen molar-refractivity contribution < 1.29 is 9.52 Å². The number of aromatic nitrogens is 2. The molecule has 0 saturated heterocycles. The van der Waals surface area contributed by atoms with Gasteiger partial charge >= 0.3 is 0 Å². The Bertz CT molecular complexity index is 754. The van der Waals surface area contributed by atoms with E-state index in [1.54, 1.807) is 24.3 Å². The Morgan fingerprint density at radius 3 is 2.41 bits per heavy atom. The van der Waals surface area contributed by atoms with Crippen molar-refractivity contribution in [2.75, 3.05) is 11.9 Å². The summed E-state index contributed by atoms with van der Waals surface area (Å²) in [5.74, 6) is 1.21. The molecule has 3 aromatic rings. The van der Waals surface area contributed by atoms with Gasteiger partial charge in [-0.15, -0.1) is 10.2 Å². The van der Waals surface area contributed by atoms with Crippen LogP contribution >= 0.6 is 11.6 Å². The quantitative estimate of drug-likeness (QED) is 0.794. The lowest BCUT2D eigenvalue weighted by molar-refractivity contribution is 0.475. The zero-order valence-corrected chi connectivity index (χ0v) is 12.7. The van der Waals surface area contributed by atoms with Crippen LogP contribution in [0.15, 0.2) is 52.9 Å². The molecule has 0 saturated carbocycles. The maximum atomic E-state index is 9.31. The Morgan fingerprint density at radius 1 is 1.05 bits per heavy atom. The molecule has 112 valence electrons. The average Bonchev–Trinajstić information content (AvgIpc) is 2.97. The Labute approximate surface area is 132 Å². The second-order valence-electron chi connectivity index (χ2n) is 4.88. The third kappa shape index (κ3) is 3.20. The second-order valence-corrected chi connectivity index (χ2v) is 5.32. The number of phenols is 1. The lowest BCUT2D eigenvalue weighted by Crippen LogP contribution is -2.16. The Morgan fingerprint density at radius 2 is 1.73 bits per heavy atom. The van der Waals surface area contributed by atoms with Crippen LogP contribution in [-0.4, -0.2) is 22.4 Å². The summed E-state index contributed by atoms with van der Waals surface area (Å²) in [6, 6.07) is 14.2. The first-order valence-corrected chi connectivity index (χ1v) is 7.08. The molecule has 0 fully saturated rings. The monoisotopic (exact) mass is 315 g/mol. The van der Waals surface area contributed by atoms with Crippen LogP contribution in [0, 0.1) is 0 Å². The van der Waals surface area contributed by atoms with Gasteiger partial charge in [0.05, 0.1) is 6.54 Å². The summed E-state index contributed by atoms with van der Waals surface area (Å²) in [4.78, 5) is 1.96. The van der Waals surface area contributed by atoms with Gasteiger partial charge in [0.2, 0.25) is 11.8 Å². The van der Waals surface area contributed by atoms with Gasteiger partial charge < -0.3 is 14.4 Å². The molecule has 0 bridgehead atoms.